The van der Waals surface area contributed by atoms with Crippen LogP contribution < -0.4 is 5.73 Å². The average Bonchev–Trinajstić information content (AvgIpc) is 2.77. The van der Waals surface area contributed by atoms with Crippen molar-refractivity contribution in [1.29, 1.82) is 0 Å². The van der Waals surface area contributed by atoms with Gasteiger partial charge in [-0.15, -0.1) is 0 Å². The standard InChI is InChI=1S/C11H16N2O2/c12-9-7-11(14)13(8-9)5-1-3-10-4-2-6-15-10/h2,4,6,9H,1,3,5,7-8,12H2. The Kier molecular flexibility index (Phi) is 3.06. The molecule has 1 atom stereocenters. The fraction of sp³-hybridized carbons (Fsp3) is 0.545. The molecule has 2 N–H and O–H groups in total. The SMILES string of the molecule is NC1CC(=O)N(CCCc2ccco2)C1. The van der Waals surface area contributed by atoms with E-state index in [1.54, 1.807) is 6.26 Å². The van der Waals surface area contributed by atoms with Gasteiger partial charge >= 0.3 is 0 Å². The lowest BCUT2D eigenvalue weighted by molar-refractivity contribution is -0.127. The van der Waals surface area contributed by atoms with Crippen molar-refractivity contribution < 1.29 is 9.21 Å². The van der Waals surface area contributed by atoms with Crippen molar-refractivity contribution in [3.8, 4) is 0 Å². The Morgan fingerprint density at radius 2 is 2.47 bits per heavy atom. The highest BCUT2D eigenvalue weighted by molar-refractivity contribution is 5.79. The first-order chi connectivity index (χ1) is 7.25. The van der Waals surface area contributed by atoms with Gasteiger partial charge < -0.3 is 15.1 Å². The first-order valence-electron chi connectivity index (χ1n) is 5.31. The molecule has 2 heterocycles. The molecule has 82 valence electrons. The molecule has 1 fully saturated rings. The number of nitrogens with zero attached hydrogens (tertiary/aromatic N) is 1. The molecule has 0 aromatic carbocycles. The number of rotatable bonds is 4. The maximum Gasteiger partial charge on any atom is 0.224 e. The second-order valence-electron chi connectivity index (χ2n) is 3.99. The van der Waals surface area contributed by atoms with Crippen LogP contribution in [-0.4, -0.2) is 29.9 Å². The van der Waals surface area contributed by atoms with E-state index in [1.165, 1.54) is 0 Å². The number of likely N-dealkylation sites (tertiary alicyclic amines) is 1. The minimum Gasteiger partial charge on any atom is -0.469 e. The second kappa shape index (κ2) is 4.49. The van der Waals surface area contributed by atoms with Crippen molar-refractivity contribution in [2.75, 3.05) is 13.1 Å². The Bertz CT molecular complexity index is 321. The molecule has 0 aliphatic carbocycles. The van der Waals surface area contributed by atoms with Gasteiger partial charge in [-0.25, -0.2) is 0 Å². The number of hydrogen-bond donors (Lipinski definition) is 1. The van der Waals surface area contributed by atoms with Gasteiger partial charge in [-0.1, -0.05) is 0 Å². The van der Waals surface area contributed by atoms with Crippen LogP contribution in [0, 0.1) is 0 Å². The Morgan fingerprint density at radius 1 is 1.60 bits per heavy atom. The van der Waals surface area contributed by atoms with Gasteiger partial charge in [0.1, 0.15) is 5.76 Å². The smallest absolute Gasteiger partial charge is 0.224 e. The maximum absolute atomic E-state index is 11.4. The Hall–Kier alpha value is -1.29. The van der Waals surface area contributed by atoms with Gasteiger partial charge in [-0.3, -0.25) is 4.79 Å². The van der Waals surface area contributed by atoms with E-state index in [1.807, 2.05) is 17.0 Å². The van der Waals surface area contributed by atoms with E-state index in [0.717, 1.165) is 25.1 Å². The van der Waals surface area contributed by atoms with Crippen molar-refractivity contribution in [2.24, 2.45) is 5.73 Å². The Morgan fingerprint density at radius 3 is 3.07 bits per heavy atom. The third-order valence-electron chi connectivity index (χ3n) is 2.68. The molecular weight excluding hydrogens is 192 g/mol. The maximum atomic E-state index is 11.4. The molecule has 2 rings (SSSR count). The summed E-state index contributed by atoms with van der Waals surface area (Å²) in [7, 11) is 0. The quantitative estimate of drug-likeness (QED) is 0.795. The Labute approximate surface area is 89.0 Å². The minimum atomic E-state index is 0.0288. The van der Waals surface area contributed by atoms with Crippen LogP contribution in [0.15, 0.2) is 22.8 Å². The van der Waals surface area contributed by atoms with Crippen LogP contribution >= 0.6 is 0 Å². The first-order valence-corrected chi connectivity index (χ1v) is 5.31. The minimum absolute atomic E-state index is 0.0288. The molecule has 1 aromatic heterocycles. The predicted octanol–water partition coefficient (Wildman–Crippen LogP) is 0.772. The molecule has 15 heavy (non-hydrogen) atoms. The first kappa shape index (κ1) is 10.2. The topological polar surface area (TPSA) is 59.5 Å². The summed E-state index contributed by atoms with van der Waals surface area (Å²) in [5.41, 5.74) is 5.70. The lowest BCUT2D eigenvalue weighted by atomic mass is 10.2. The molecule has 4 nitrogen and oxygen atoms in total. The summed E-state index contributed by atoms with van der Waals surface area (Å²) < 4.78 is 5.22. The lowest BCUT2D eigenvalue weighted by Gasteiger charge is -2.14. The van der Waals surface area contributed by atoms with E-state index in [4.69, 9.17) is 10.2 Å². The van der Waals surface area contributed by atoms with Crippen LogP contribution in [0.3, 0.4) is 0 Å². The highest BCUT2D eigenvalue weighted by Gasteiger charge is 2.25. The molecule has 0 spiro atoms. The number of furan rings is 1. The zero-order valence-electron chi connectivity index (χ0n) is 8.69. The van der Waals surface area contributed by atoms with Crippen LogP contribution in [0.25, 0.3) is 0 Å². The summed E-state index contributed by atoms with van der Waals surface area (Å²) in [6, 6.07) is 3.87. The number of aryl methyl sites for hydroxylation is 1. The third kappa shape index (κ3) is 2.59. The number of nitrogens with two attached hydrogens (primary N) is 1. The predicted molar refractivity (Wildman–Crippen MR) is 56.2 cm³/mol. The molecule has 1 aromatic rings. The summed E-state index contributed by atoms with van der Waals surface area (Å²) in [4.78, 5) is 13.2. The summed E-state index contributed by atoms with van der Waals surface area (Å²) in [6.07, 6.45) is 3.99. The summed E-state index contributed by atoms with van der Waals surface area (Å²) in [5.74, 6) is 1.16. The van der Waals surface area contributed by atoms with Gasteiger partial charge in [0.25, 0.3) is 0 Å². The normalized spacial score (nSPS) is 21.3. The molecular formula is C11H16N2O2. The molecule has 1 unspecified atom stereocenters. The molecule has 4 heteroatoms. The third-order valence-corrected chi connectivity index (χ3v) is 2.68. The van der Waals surface area contributed by atoms with E-state index in [0.29, 0.717) is 13.0 Å². The van der Waals surface area contributed by atoms with E-state index < -0.39 is 0 Å². The van der Waals surface area contributed by atoms with Gasteiger partial charge in [-0.2, -0.15) is 0 Å². The van der Waals surface area contributed by atoms with Crippen LogP contribution in [0.1, 0.15) is 18.6 Å². The van der Waals surface area contributed by atoms with Crippen LogP contribution in [0.5, 0.6) is 0 Å². The van der Waals surface area contributed by atoms with Crippen LogP contribution in [-0.2, 0) is 11.2 Å². The number of carbonyl (C=O) groups excluding carboxylic acids is 1. The molecule has 0 radical (unpaired) electrons. The van der Waals surface area contributed by atoms with Gasteiger partial charge in [0.05, 0.1) is 6.26 Å². The molecule has 1 amide bonds. The van der Waals surface area contributed by atoms with Gasteiger partial charge in [0.2, 0.25) is 5.91 Å². The fourth-order valence-corrected chi connectivity index (χ4v) is 1.92. The fourth-order valence-electron chi connectivity index (χ4n) is 1.92. The second-order valence-corrected chi connectivity index (χ2v) is 3.99. The van der Waals surface area contributed by atoms with Crippen LogP contribution in [0.4, 0.5) is 0 Å². The summed E-state index contributed by atoms with van der Waals surface area (Å²) in [5, 5.41) is 0. The van der Waals surface area contributed by atoms with Crippen LogP contribution in [0.2, 0.25) is 0 Å². The van der Waals surface area contributed by atoms with Crippen molar-refractivity contribution in [3.63, 3.8) is 0 Å². The number of amides is 1. The Balaban J connectivity index is 1.72. The van der Waals surface area contributed by atoms with E-state index in [9.17, 15) is 4.79 Å². The van der Waals surface area contributed by atoms with Crippen molar-refractivity contribution in [2.45, 2.75) is 25.3 Å². The van der Waals surface area contributed by atoms with Crippen molar-refractivity contribution in [1.82, 2.24) is 4.90 Å². The highest BCUT2D eigenvalue weighted by atomic mass is 16.3. The summed E-state index contributed by atoms with van der Waals surface area (Å²) in [6.45, 7) is 1.49. The van der Waals surface area contributed by atoms with Crippen molar-refractivity contribution >= 4 is 5.91 Å². The van der Waals surface area contributed by atoms with E-state index in [-0.39, 0.29) is 11.9 Å². The average molecular weight is 208 g/mol. The largest absolute Gasteiger partial charge is 0.469 e. The zero-order valence-corrected chi connectivity index (χ0v) is 8.69. The van der Waals surface area contributed by atoms with Crippen molar-refractivity contribution in [3.05, 3.63) is 24.2 Å². The monoisotopic (exact) mass is 208 g/mol. The molecule has 1 aliphatic rings. The zero-order chi connectivity index (χ0) is 10.7. The van der Waals surface area contributed by atoms with E-state index in [2.05, 4.69) is 0 Å². The molecule has 1 aliphatic heterocycles. The number of carbonyl (C=O) groups is 1. The number of hydrogen-bond acceptors (Lipinski definition) is 3. The van der Waals surface area contributed by atoms with E-state index >= 15 is 0 Å². The summed E-state index contributed by atoms with van der Waals surface area (Å²) >= 11 is 0. The molecule has 1 saturated heterocycles. The van der Waals surface area contributed by atoms with Gasteiger partial charge in [-0.05, 0) is 18.6 Å². The molecule has 0 saturated carbocycles. The van der Waals surface area contributed by atoms with Gasteiger partial charge in [0, 0.05) is 32.0 Å². The molecule has 0 bridgehead atoms. The van der Waals surface area contributed by atoms with Gasteiger partial charge in [0.15, 0.2) is 0 Å². The lowest BCUT2D eigenvalue weighted by Crippen LogP contribution is -2.29. The highest BCUT2D eigenvalue weighted by Crippen LogP contribution is 2.11.